The number of ether oxygens (including phenoxy) is 3. The van der Waals surface area contributed by atoms with Crippen LogP contribution in [0.25, 0.3) is 0 Å². The number of hydrogen-bond acceptors (Lipinski definition) is 5. The number of halogens is 3. The van der Waals surface area contributed by atoms with Gasteiger partial charge in [0.1, 0.15) is 23.1 Å². The second-order valence-electron chi connectivity index (χ2n) is 7.36. The molecule has 0 bridgehead atoms. The van der Waals surface area contributed by atoms with Gasteiger partial charge in [-0.15, -0.1) is 24.0 Å². The molecule has 0 aliphatic carbocycles. The Balaban J connectivity index is 0.00000385. The molecule has 1 aliphatic rings. The molecule has 0 spiro atoms. The fraction of sp³-hybridized carbons (Fsp3) is 0.435. The summed E-state index contributed by atoms with van der Waals surface area (Å²) in [5, 5.41) is 6.59. The average molecular weight is 576 g/mol. The second-order valence-corrected chi connectivity index (χ2v) is 7.36. The van der Waals surface area contributed by atoms with Crippen LogP contribution >= 0.6 is 24.0 Å². The zero-order valence-corrected chi connectivity index (χ0v) is 21.6. The predicted octanol–water partition coefficient (Wildman–Crippen LogP) is 3.94. The first-order valence-electron chi connectivity index (χ1n) is 10.5. The fourth-order valence-electron chi connectivity index (χ4n) is 3.77. The number of benzene rings is 2. The third kappa shape index (κ3) is 6.52. The van der Waals surface area contributed by atoms with Gasteiger partial charge < -0.3 is 29.7 Å². The Morgan fingerprint density at radius 2 is 1.70 bits per heavy atom. The highest BCUT2D eigenvalue weighted by Crippen LogP contribution is 2.35. The number of rotatable bonds is 8. The van der Waals surface area contributed by atoms with Crippen molar-refractivity contribution in [3.05, 3.63) is 47.5 Å². The molecule has 0 aromatic heterocycles. The van der Waals surface area contributed by atoms with Gasteiger partial charge in [-0.3, -0.25) is 0 Å². The van der Waals surface area contributed by atoms with Gasteiger partial charge in [0, 0.05) is 37.3 Å². The van der Waals surface area contributed by atoms with Gasteiger partial charge in [0.05, 0.1) is 27.9 Å². The normalized spacial score (nSPS) is 15.6. The van der Waals surface area contributed by atoms with Crippen LogP contribution in [0, 0.1) is 11.6 Å². The molecule has 2 N–H and O–H groups in total. The summed E-state index contributed by atoms with van der Waals surface area (Å²) in [6, 6.07) is 7.53. The largest absolute Gasteiger partial charge is 0.496 e. The van der Waals surface area contributed by atoms with Crippen molar-refractivity contribution in [2.75, 3.05) is 45.9 Å². The molecule has 1 aliphatic heterocycles. The number of aliphatic imine (C=N–C) groups is 1. The van der Waals surface area contributed by atoms with E-state index < -0.39 is 11.6 Å². The van der Waals surface area contributed by atoms with E-state index in [1.165, 1.54) is 18.2 Å². The first-order valence-corrected chi connectivity index (χ1v) is 10.5. The van der Waals surface area contributed by atoms with E-state index in [0.717, 1.165) is 12.0 Å². The van der Waals surface area contributed by atoms with E-state index in [-0.39, 0.29) is 35.7 Å². The van der Waals surface area contributed by atoms with Gasteiger partial charge in [0.15, 0.2) is 17.5 Å². The van der Waals surface area contributed by atoms with Gasteiger partial charge in [-0.2, -0.15) is 0 Å². The minimum atomic E-state index is -0.549. The molecule has 2 aromatic carbocycles. The van der Waals surface area contributed by atoms with Crippen molar-refractivity contribution in [2.24, 2.45) is 4.99 Å². The first-order chi connectivity index (χ1) is 15.5. The average Bonchev–Trinajstić information content (AvgIpc) is 3.24. The molecule has 0 saturated carbocycles. The van der Waals surface area contributed by atoms with Crippen LogP contribution in [0.15, 0.2) is 35.3 Å². The van der Waals surface area contributed by atoms with Crippen molar-refractivity contribution < 1.29 is 23.0 Å². The molecule has 1 saturated heterocycles. The summed E-state index contributed by atoms with van der Waals surface area (Å²) in [6.07, 6.45) is 0.734. The fourth-order valence-corrected chi connectivity index (χ4v) is 3.77. The van der Waals surface area contributed by atoms with E-state index in [9.17, 15) is 8.78 Å². The summed E-state index contributed by atoms with van der Waals surface area (Å²) < 4.78 is 44.5. The summed E-state index contributed by atoms with van der Waals surface area (Å²) in [5.41, 5.74) is 0.859. The molecule has 10 heteroatoms. The standard InChI is InChI=1S/C23H30F2N4O3.HI/c1-5-26-23(27-13-15-11-20(31-3)21(32-4)12-19(15)30-2)28-16-9-10-29(14-16)22-17(24)7-6-8-18(22)25;/h6-8,11-12,16H,5,9-10,13-14H2,1-4H3,(H2,26,27,28);1H. The molecular formula is C23H31F2IN4O3. The van der Waals surface area contributed by atoms with Crippen LogP contribution in [0.1, 0.15) is 18.9 Å². The van der Waals surface area contributed by atoms with Crippen molar-refractivity contribution in [1.29, 1.82) is 0 Å². The lowest BCUT2D eigenvalue weighted by atomic mass is 10.1. The smallest absolute Gasteiger partial charge is 0.191 e. The van der Waals surface area contributed by atoms with Gasteiger partial charge in [0.2, 0.25) is 0 Å². The van der Waals surface area contributed by atoms with Gasteiger partial charge >= 0.3 is 0 Å². The van der Waals surface area contributed by atoms with Crippen LogP contribution in [0.5, 0.6) is 17.2 Å². The highest BCUT2D eigenvalue weighted by molar-refractivity contribution is 14.0. The van der Waals surface area contributed by atoms with Gasteiger partial charge in [-0.05, 0) is 31.5 Å². The maximum Gasteiger partial charge on any atom is 0.191 e. The summed E-state index contributed by atoms with van der Waals surface area (Å²) >= 11 is 0. The second kappa shape index (κ2) is 12.7. The van der Waals surface area contributed by atoms with E-state index in [0.29, 0.717) is 49.4 Å². The van der Waals surface area contributed by atoms with E-state index in [4.69, 9.17) is 14.2 Å². The molecular weight excluding hydrogens is 545 g/mol. The lowest BCUT2D eigenvalue weighted by Crippen LogP contribution is -2.44. The number of nitrogens with zero attached hydrogens (tertiary/aromatic N) is 2. The Hall–Kier alpha value is -2.50. The van der Waals surface area contributed by atoms with Gasteiger partial charge in [0.25, 0.3) is 0 Å². The van der Waals surface area contributed by atoms with E-state index in [1.54, 1.807) is 32.3 Å². The quantitative estimate of drug-likeness (QED) is 0.282. The van der Waals surface area contributed by atoms with Gasteiger partial charge in [-0.25, -0.2) is 13.8 Å². The molecule has 7 nitrogen and oxygen atoms in total. The third-order valence-electron chi connectivity index (χ3n) is 5.32. The number of anilines is 1. The summed E-state index contributed by atoms with van der Waals surface area (Å²) in [4.78, 5) is 6.40. The van der Waals surface area contributed by atoms with Crippen LogP contribution in [0.3, 0.4) is 0 Å². The van der Waals surface area contributed by atoms with Crippen LogP contribution in [0.2, 0.25) is 0 Å². The maximum atomic E-state index is 14.1. The minimum absolute atomic E-state index is 0. The highest BCUT2D eigenvalue weighted by Gasteiger charge is 2.27. The van der Waals surface area contributed by atoms with Gasteiger partial charge in [-0.1, -0.05) is 6.07 Å². The van der Waals surface area contributed by atoms with Crippen molar-refractivity contribution in [2.45, 2.75) is 25.9 Å². The molecule has 1 fully saturated rings. The van der Waals surface area contributed by atoms with Crippen LogP contribution in [0.4, 0.5) is 14.5 Å². The van der Waals surface area contributed by atoms with Crippen molar-refractivity contribution >= 4 is 35.6 Å². The van der Waals surface area contributed by atoms with Crippen LogP contribution in [-0.4, -0.2) is 53.0 Å². The molecule has 182 valence electrons. The Morgan fingerprint density at radius 1 is 1.06 bits per heavy atom. The van der Waals surface area contributed by atoms with E-state index in [1.807, 2.05) is 13.0 Å². The Bertz CT molecular complexity index is 941. The maximum absolute atomic E-state index is 14.1. The topological polar surface area (TPSA) is 67.4 Å². The minimum Gasteiger partial charge on any atom is -0.496 e. The van der Waals surface area contributed by atoms with Crippen molar-refractivity contribution in [3.63, 3.8) is 0 Å². The number of hydrogen-bond donors (Lipinski definition) is 2. The molecule has 1 heterocycles. The monoisotopic (exact) mass is 576 g/mol. The lowest BCUT2D eigenvalue weighted by Gasteiger charge is -2.21. The molecule has 1 atom stereocenters. The molecule has 0 radical (unpaired) electrons. The molecule has 33 heavy (non-hydrogen) atoms. The number of nitrogens with one attached hydrogen (secondary N) is 2. The van der Waals surface area contributed by atoms with E-state index in [2.05, 4.69) is 15.6 Å². The number of guanidine groups is 1. The summed E-state index contributed by atoms with van der Waals surface area (Å²) in [5.74, 6) is 1.33. The lowest BCUT2D eigenvalue weighted by molar-refractivity contribution is 0.347. The van der Waals surface area contributed by atoms with Crippen molar-refractivity contribution in [3.8, 4) is 17.2 Å². The SMILES string of the molecule is CCNC(=NCc1cc(OC)c(OC)cc1OC)NC1CCN(c2c(F)cccc2F)C1.I. The molecule has 0 amide bonds. The number of methoxy groups -OCH3 is 3. The van der Waals surface area contributed by atoms with Crippen LogP contribution < -0.4 is 29.7 Å². The first kappa shape index (κ1) is 26.7. The summed E-state index contributed by atoms with van der Waals surface area (Å²) in [7, 11) is 4.74. The Kier molecular flexibility index (Phi) is 10.3. The van der Waals surface area contributed by atoms with Crippen molar-refractivity contribution in [1.82, 2.24) is 10.6 Å². The zero-order valence-electron chi connectivity index (χ0n) is 19.3. The zero-order chi connectivity index (χ0) is 23.1. The highest BCUT2D eigenvalue weighted by atomic mass is 127. The van der Waals surface area contributed by atoms with E-state index >= 15 is 0 Å². The molecule has 1 unspecified atom stereocenters. The predicted molar refractivity (Wildman–Crippen MR) is 136 cm³/mol. The Morgan fingerprint density at radius 3 is 2.30 bits per heavy atom. The van der Waals surface area contributed by atoms with Crippen LogP contribution in [-0.2, 0) is 6.54 Å². The molecule has 2 aromatic rings. The third-order valence-corrected chi connectivity index (χ3v) is 5.32. The number of para-hydroxylation sites is 1. The molecule has 3 rings (SSSR count). The summed E-state index contributed by atoms with van der Waals surface area (Å²) in [6.45, 7) is 4.02. The Labute approximate surface area is 210 Å².